The van der Waals surface area contributed by atoms with E-state index in [1.807, 2.05) is 23.1 Å². The monoisotopic (exact) mass is 352 g/mol. The maximum absolute atomic E-state index is 13.0. The lowest BCUT2D eigenvalue weighted by Gasteiger charge is -2.33. The molecule has 1 atom stereocenters. The fourth-order valence-electron chi connectivity index (χ4n) is 3.53. The first-order valence-corrected chi connectivity index (χ1v) is 9.40. The molecule has 4 heteroatoms. The summed E-state index contributed by atoms with van der Waals surface area (Å²) in [5.74, 6) is 0.501. The lowest BCUT2D eigenvalue weighted by Crippen LogP contribution is -2.46. The van der Waals surface area contributed by atoms with Crippen molar-refractivity contribution in [2.75, 3.05) is 26.2 Å². The maximum atomic E-state index is 13.0. The highest BCUT2D eigenvalue weighted by Crippen LogP contribution is 2.29. The second-order valence-electron chi connectivity index (χ2n) is 7.14. The van der Waals surface area contributed by atoms with Crippen molar-refractivity contribution in [3.05, 3.63) is 59.7 Å². The molecule has 26 heavy (non-hydrogen) atoms. The summed E-state index contributed by atoms with van der Waals surface area (Å²) < 4.78 is 5.70. The molecule has 1 aliphatic rings. The third-order valence-corrected chi connectivity index (χ3v) is 4.92. The van der Waals surface area contributed by atoms with Crippen LogP contribution in [0.4, 0.5) is 0 Å². The molecular weight excluding hydrogens is 324 g/mol. The quantitative estimate of drug-likeness (QED) is 0.893. The van der Waals surface area contributed by atoms with Gasteiger partial charge in [-0.15, -0.1) is 0 Å². The van der Waals surface area contributed by atoms with Gasteiger partial charge in [0, 0.05) is 18.7 Å². The van der Waals surface area contributed by atoms with Crippen LogP contribution in [-0.4, -0.2) is 43.2 Å². The number of nitrogens with zero attached hydrogens (tertiary/aromatic N) is 1. The topological polar surface area (TPSA) is 55.6 Å². The van der Waals surface area contributed by atoms with E-state index >= 15 is 0 Å². The van der Waals surface area contributed by atoms with Gasteiger partial charge in [0.2, 0.25) is 0 Å². The summed E-state index contributed by atoms with van der Waals surface area (Å²) >= 11 is 0. The summed E-state index contributed by atoms with van der Waals surface area (Å²) in [5.41, 5.74) is 9.94. The Balaban J connectivity index is 1.85. The lowest BCUT2D eigenvalue weighted by atomic mass is 9.92. The Kier molecular flexibility index (Phi) is 6.07. The Labute approximate surface area is 156 Å². The molecular formula is C22H28N2O2. The molecule has 0 aliphatic carbocycles. The first-order chi connectivity index (χ1) is 12.6. The Morgan fingerprint density at radius 2 is 2.04 bits per heavy atom. The summed E-state index contributed by atoms with van der Waals surface area (Å²) in [6, 6.07) is 16.4. The van der Waals surface area contributed by atoms with Gasteiger partial charge in [-0.3, -0.25) is 4.79 Å². The van der Waals surface area contributed by atoms with E-state index in [0.717, 1.165) is 17.5 Å². The van der Waals surface area contributed by atoms with Gasteiger partial charge in [0.05, 0.1) is 12.7 Å². The number of amides is 1. The minimum Gasteiger partial charge on any atom is -0.374 e. The number of carbonyl (C=O) groups is 1. The summed E-state index contributed by atoms with van der Waals surface area (Å²) in [4.78, 5) is 14.9. The van der Waals surface area contributed by atoms with Gasteiger partial charge in [0.25, 0.3) is 5.91 Å². The second-order valence-corrected chi connectivity index (χ2v) is 7.14. The van der Waals surface area contributed by atoms with Gasteiger partial charge < -0.3 is 15.4 Å². The minimum atomic E-state index is 0.0440. The van der Waals surface area contributed by atoms with Crippen molar-refractivity contribution in [3.8, 4) is 11.1 Å². The molecule has 1 heterocycles. The van der Waals surface area contributed by atoms with E-state index < -0.39 is 0 Å². The molecule has 2 aromatic carbocycles. The first-order valence-electron chi connectivity index (χ1n) is 9.40. The third-order valence-electron chi connectivity index (χ3n) is 4.92. The zero-order valence-corrected chi connectivity index (χ0v) is 15.7. The number of rotatable bonds is 5. The van der Waals surface area contributed by atoms with Crippen LogP contribution in [0, 0.1) is 0 Å². The molecule has 0 aromatic heterocycles. The second kappa shape index (κ2) is 8.47. The standard InChI is InChI=1S/C22H28N2O2/c1-16(2)20-8-3-4-9-21(20)17-6-5-7-18(14-17)22(25)24-12-13-26-19(15-24)10-11-23/h3-9,14,16,19H,10-13,15,23H2,1-2H3/t19-/m0/s1. The van der Waals surface area contributed by atoms with Gasteiger partial charge >= 0.3 is 0 Å². The lowest BCUT2D eigenvalue weighted by molar-refractivity contribution is -0.0236. The van der Waals surface area contributed by atoms with E-state index in [1.165, 1.54) is 11.1 Å². The molecule has 1 saturated heterocycles. The van der Waals surface area contributed by atoms with Crippen molar-refractivity contribution in [1.82, 2.24) is 4.90 Å². The Hall–Kier alpha value is -2.17. The van der Waals surface area contributed by atoms with E-state index in [9.17, 15) is 4.79 Å². The highest BCUT2D eigenvalue weighted by atomic mass is 16.5. The fourth-order valence-corrected chi connectivity index (χ4v) is 3.53. The molecule has 1 amide bonds. The van der Waals surface area contributed by atoms with Crippen LogP contribution < -0.4 is 5.73 Å². The van der Waals surface area contributed by atoms with Crippen LogP contribution >= 0.6 is 0 Å². The summed E-state index contributed by atoms with van der Waals surface area (Å²) in [5, 5.41) is 0. The SMILES string of the molecule is CC(C)c1ccccc1-c1cccc(C(=O)N2CCO[C@@H](CCN)C2)c1. The average molecular weight is 352 g/mol. The van der Waals surface area contributed by atoms with E-state index in [1.54, 1.807) is 0 Å². The highest BCUT2D eigenvalue weighted by molar-refractivity contribution is 5.95. The van der Waals surface area contributed by atoms with E-state index in [4.69, 9.17) is 10.5 Å². The van der Waals surface area contributed by atoms with Gasteiger partial charge in [0.1, 0.15) is 0 Å². The Morgan fingerprint density at radius 1 is 1.23 bits per heavy atom. The Morgan fingerprint density at radius 3 is 2.81 bits per heavy atom. The van der Waals surface area contributed by atoms with Crippen LogP contribution in [-0.2, 0) is 4.74 Å². The van der Waals surface area contributed by atoms with E-state index in [-0.39, 0.29) is 12.0 Å². The molecule has 1 aliphatic heterocycles. The highest BCUT2D eigenvalue weighted by Gasteiger charge is 2.24. The van der Waals surface area contributed by atoms with E-state index in [2.05, 4.69) is 44.2 Å². The van der Waals surface area contributed by atoms with Gasteiger partial charge in [-0.05, 0) is 47.7 Å². The zero-order valence-electron chi connectivity index (χ0n) is 15.7. The van der Waals surface area contributed by atoms with E-state index in [0.29, 0.717) is 32.2 Å². The first kappa shape index (κ1) is 18.6. The molecule has 0 bridgehead atoms. The van der Waals surface area contributed by atoms with Gasteiger partial charge in [0.15, 0.2) is 0 Å². The number of hydrogen-bond donors (Lipinski definition) is 1. The molecule has 138 valence electrons. The molecule has 0 radical (unpaired) electrons. The van der Waals surface area contributed by atoms with Gasteiger partial charge in [-0.1, -0.05) is 50.2 Å². The predicted molar refractivity (Wildman–Crippen MR) is 105 cm³/mol. The number of ether oxygens (including phenoxy) is 1. The molecule has 0 saturated carbocycles. The van der Waals surface area contributed by atoms with Crippen molar-refractivity contribution in [2.45, 2.75) is 32.3 Å². The van der Waals surface area contributed by atoms with Gasteiger partial charge in [-0.2, -0.15) is 0 Å². The van der Waals surface area contributed by atoms with Crippen molar-refractivity contribution in [3.63, 3.8) is 0 Å². The number of hydrogen-bond acceptors (Lipinski definition) is 3. The molecule has 1 fully saturated rings. The number of benzene rings is 2. The minimum absolute atomic E-state index is 0.0440. The molecule has 0 spiro atoms. The summed E-state index contributed by atoms with van der Waals surface area (Å²) in [6.07, 6.45) is 0.827. The van der Waals surface area contributed by atoms with Crippen LogP contribution in [0.25, 0.3) is 11.1 Å². The normalized spacial score (nSPS) is 17.5. The molecule has 4 nitrogen and oxygen atoms in total. The zero-order chi connectivity index (χ0) is 18.5. The smallest absolute Gasteiger partial charge is 0.254 e. The predicted octanol–water partition coefficient (Wildman–Crippen LogP) is 3.67. The van der Waals surface area contributed by atoms with Crippen molar-refractivity contribution in [1.29, 1.82) is 0 Å². The van der Waals surface area contributed by atoms with Crippen LogP contribution in [0.1, 0.15) is 42.1 Å². The molecule has 2 aromatic rings. The Bertz CT molecular complexity index is 755. The molecule has 3 rings (SSSR count). The molecule has 0 unspecified atom stereocenters. The van der Waals surface area contributed by atoms with Crippen molar-refractivity contribution in [2.24, 2.45) is 5.73 Å². The summed E-state index contributed by atoms with van der Waals surface area (Å²) in [6.45, 7) is 6.79. The van der Waals surface area contributed by atoms with Crippen LogP contribution in [0.2, 0.25) is 0 Å². The van der Waals surface area contributed by atoms with Gasteiger partial charge in [-0.25, -0.2) is 0 Å². The largest absolute Gasteiger partial charge is 0.374 e. The molecule has 2 N–H and O–H groups in total. The van der Waals surface area contributed by atoms with Crippen molar-refractivity contribution >= 4 is 5.91 Å². The van der Waals surface area contributed by atoms with Crippen LogP contribution in [0.5, 0.6) is 0 Å². The fraction of sp³-hybridized carbons (Fsp3) is 0.409. The number of nitrogens with two attached hydrogens (primary N) is 1. The van der Waals surface area contributed by atoms with Crippen LogP contribution in [0.3, 0.4) is 0 Å². The number of carbonyl (C=O) groups excluding carboxylic acids is 1. The van der Waals surface area contributed by atoms with Crippen LogP contribution in [0.15, 0.2) is 48.5 Å². The van der Waals surface area contributed by atoms with Crippen molar-refractivity contribution < 1.29 is 9.53 Å². The maximum Gasteiger partial charge on any atom is 0.254 e. The number of morpholine rings is 1. The average Bonchev–Trinajstić information content (AvgIpc) is 2.68. The summed E-state index contributed by atoms with van der Waals surface area (Å²) in [7, 11) is 0. The third kappa shape index (κ3) is 4.14.